The van der Waals surface area contributed by atoms with Gasteiger partial charge in [-0.25, -0.2) is 0 Å². The summed E-state index contributed by atoms with van der Waals surface area (Å²) in [7, 11) is 0. The Balaban J connectivity index is 0.000001000. The summed E-state index contributed by atoms with van der Waals surface area (Å²) in [6.07, 6.45) is 6.73. The average Bonchev–Trinajstić information content (AvgIpc) is 2.80. The molecule has 0 aromatic heterocycles. The van der Waals surface area contributed by atoms with Gasteiger partial charge in [0, 0.05) is 18.5 Å². The van der Waals surface area contributed by atoms with E-state index in [-0.39, 0.29) is 12.4 Å². The van der Waals surface area contributed by atoms with E-state index in [1.807, 2.05) is 0 Å². The smallest absolute Gasteiger partial charge is 0.223 e. The number of halogens is 1. The highest BCUT2D eigenvalue weighted by Gasteiger charge is 2.67. The fourth-order valence-corrected chi connectivity index (χ4v) is 4.95. The number of hydrogen-bond acceptors (Lipinski definition) is 2. The number of rotatable bonds is 3. The standard InChI is InChI=1S/C14H22N2O.ClH/c17-14(16-7-10-2-1-5-15-10)13-11-8-3-4-9(6-8)12(11)13;/h8-13,15H,1-7H2,(H,16,17);1H. The molecule has 0 aromatic carbocycles. The maximum Gasteiger partial charge on any atom is 0.223 e. The predicted octanol–water partition coefficient (Wildman–Crippen LogP) is 1.57. The molecule has 1 amide bonds. The van der Waals surface area contributed by atoms with E-state index in [2.05, 4.69) is 10.6 Å². The van der Waals surface area contributed by atoms with Gasteiger partial charge in [-0.05, 0) is 62.3 Å². The van der Waals surface area contributed by atoms with Crippen molar-refractivity contribution in [1.82, 2.24) is 10.6 Å². The Morgan fingerprint density at radius 2 is 1.89 bits per heavy atom. The molecule has 102 valence electrons. The van der Waals surface area contributed by atoms with Gasteiger partial charge in [0.1, 0.15) is 0 Å². The molecule has 0 spiro atoms. The summed E-state index contributed by atoms with van der Waals surface area (Å²) in [5, 5.41) is 6.62. The van der Waals surface area contributed by atoms with Crippen LogP contribution in [0.25, 0.3) is 0 Å². The Morgan fingerprint density at radius 3 is 2.50 bits per heavy atom. The van der Waals surface area contributed by atoms with Gasteiger partial charge < -0.3 is 10.6 Å². The Morgan fingerprint density at radius 1 is 1.17 bits per heavy atom. The highest BCUT2D eigenvalue weighted by Crippen LogP contribution is 2.69. The molecule has 4 heteroatoms. The normalized spacial score (nSPS) is 47.6. The number of nitrogens with one attached hydrogen (secondary N) is 2. The maximum absolute atomic E-state index is 12.2. The van der Waals surface area contributed by atoms with Crippen LogP contribution in [0.15, 0.2) is 0 Å². The Hall–Kier alpha value is -0.280. The van der Waals surface area contributed by atoms with Crippen molar-refractivity contribution in [2.45, 2.75) is 38.1 Å². The van der Waals surface area contributed by atoms with Crippen molar-refractivity contribution < 1.29 is 4.79 Å². The molecule has 4 aliphatic rings. The third-order valence-electron chi connectivity index (χ3n) is 5.72. The first-order valence-corrected chi connectivity index (χ1v) is 7.35. The Labute approximate surface area is 115 Å². The highest BCUT2D eigenvalue weighted by atomic mass is 35.5. The van der Waals surface area contributed by atoms with Crippen LogP contribution >= 0.6 is 12.4 Å². The topological polar surface area (TPSA) is 41.1 Å². The minimum atomic E-state index is 0. The number of fused-ring (bicyclic) bond motifs is 5. The molecule has 2 N–H and O–H groups in total. The molecule has 1 saturated heterocycles. The zero-order valence-electron chi connectivity index (χ0n) is 10.7. The summed E-state index contributed by atoms with van der Waals surface area (Å²) in [6, 6.07) is 0.536. The van der Waals surface area contributed by atoms with E-state index in [1.165, 1.54) is 32.1 Å². The second-order valence-electron chi connectivity index (χ2n) is 6.55. The van der Waals surface area contributed by atoms with Gasteiger partial charge in [-0.1, -0.05) is 0 Å². The second-order valence-corrected chi connectivity index (χ2v) is 6.55. The van der Waals surface area contributed by atoms with Crippen LogP contribution in [0.5, 0.6) is 0 Å². The molecule has 1 heterocycles. The fraction of sp³-hybridized carbons (Fsp3) is 0.929. The first kappa shape index (κ1) is 12.7. The molecule has 3 aliphatic carbocycles. The van der Waals surface area contributed by atoms with Crippen molar-refractivity contribution in [3.05, 3.63) is 0 Å². The number of amides is 1. The predicted molar refractivity (Wildman–Crippen MR) is 72.6 cm³/mol. The van der Waals surface area contributed by atoms with Crippen molar-refractivity contribution >= 4 is 18.3 Å². The lowest BCUT2D eigenvalue weighted by Crippen LogP contribution is -2.38. The van der Waals surface area contributed by atoms with Crippen LogP contribution in [0.2, 0.25) is 0 Å². The quantitative estimate of drug-likeness (QED) is 0.817. The van der Waals surface area contributed by atoms with Gasteiger partial charge in [0.2, 0.25) is 5.91 Å². The molecule has 3 saturated carbocycles. The number of hydrogen-bond donors (Lipinski definition) is 2. The number of carbonyl (C=O) groups is 1. The van der Waals surface area contributed by atoms with Crippen LogP contribution in [0, 0.1) is 29.6 Å². The molecule has 18 heavy (non-hydrogen) atoms. The van der Waals surface area contributed by atoms with E-state index in [9.17, 15) is 4.79 Å². The molecule has 0 aromatic rings. The summed E-state index contributed by atoms with van der Waals surface area (Å²) in [4.78, 5) is 12.2. The van der Waals surface area contributed by atoms with E-state index in [0.29, 0.717) is 17.9 Å². The molecular weight excluding hydrogens is 248 g/mol. The minimum absolute atomic E-state index is 0. The van der Waals surface area contributed by atoms with Crippen molar-refractivity contribution in [3.8, 4) is 0 Å². The van der Waals surface area contributed by atoms with Crippen LogP contribution in [0.1, 0.15) is 32.1 Å². The van der Waals surface area contributed by atoms with Crippen molar-refractivity contribution in [2.75, 3.05) is 13.1 Å². The zero-order valence-corrected chi connectivity index (χ0v) is 11.5. The lowest BCUT2D eigenvalue weighted by atomic mass is 10.0. The third-order valence-corrected chi connectivity index (χ3v) is 5.72. The molecule has 1 aliphatic heterocycles. The van der Waals surface area contributed by atoms with Gasteiger partial charge in [-0.3, -0.25) is 4.79 Å². The summed E-state index contributed by atoms with van der Waals surface area (Å²) in [6.45, 7) is 1.98. The van der Waals surface area contributed by atoms with Crippen molar-refractivity contribution in [3.63, 3.8) is 0 Å². The molecule has 5 atom stereocenters. The van der Waals surface area contributed by atoms with Crippen LogP contribution in [-0.4, -0.2) is 25.0 Å². The monoisotopic (exact) mass is 270 g/mol. The van der Waals surface area contributed by atoms with Crippen LogP contribution < -0.4 is 10.6 Å². The largest absolute Gasteiger partial charge is 0.354 e. The third kappa shape index (κ3) is 1.87. The van der Waals surface area contributed by atoms with E-state index >= 15 is 0 Å². The van der Waals surface area contributed by atoms with Gasteiger partial charge in [0.05, 0.1) is 0 Å². The molecule has 4 fully saturated rings. The van der Waals surface area contributed by atoms with Crippen LogP contribution in [-0.2, 0) is 4.79 Å². The molecule has 2 bridgehead atoms. The van der Waals surface area contributed by atoms with Gasteiger partial charge in [0.15, 0.2) is 0 Å². The molecular formula is C14H23ClN2O. The van der Waals surface area contributed by atoms with Gasteiger partial charge >= 0.3 is 0 Å². The Kier molecular flexibility index (Phi) is 3.31. The van der Waals surface area contributed by atoms with Crippen LogP contribution in [0.3, 0.4) is 0 Å². The van der Waals surface area contributed by atoms with E-state index in [4.69, 9.17) is 0 Å². The van der Waals surface area contributed by atoms with Gasteiger partial charge in [-0.2, -0.15) is 0 Å². The molecule has 0 radical (unpaired) electrons. The summed E-state index contributed by atoms with van der Waals surface area (Å²) >= 11 is 0. The van der Waals surface area contributed by atoms with E-state index in [0.717, 1.165) is 36.8 Å². The first-order chi connectivity index (χ1) is 8.34. The Bertz CT molecular complexity index is 327. The summed E-state index contributed by atoms with van der Waals surface area (Å²) in [5.41, 5.74) is 0. The lowest BCUT2D eigenvalue weighted by Gasteiger charge is -2.13. The van der Waals surface area contributed by atoms with Gasteiger partial charge in [-0.15, -0.1) is 12.4 Å². The second kappa shape index (κ2) is 4.68. The first-order valence-electron chi connectivity index (χ1n) is 7.35. The maximum atomic E-state index is 12.2. The summed E-state index contributed by atoms with van der Waals surface area (Å²) in [5.74, 6) is 4.15. The SMILES string of the molecule is Cl.O=C(NCC1CCCN1)C1C2C3CCC(C3)C12. The zero-order chi connectivity index (χ0) is 11.4. The van der Waals surface area contributed by atoms with E-state index < -0.39 is 0 Å². The summed E-state index contributed by atoms with van der Waals surface area (Å²) < 4.78 is 0. The lowest BCUT2D eigenvalue weighted by molar-refractivity contribution is -0.123. The fourth-order valence-electron chi connectivity index (χ4n) is 4.95. The van der Waals surface area contributed by atoms with Crippen LogP contribution in [0.4, 0.5) is 0 Å². The minimum Gasteiger partial charge on any atom is -0.354 e. The average molecular weight is 271 g/mol. The molecule has 3 nitrogen and oxygen atoms in total. The van der Waals surface area contributed by atoms with Gasteiger partial charge in [0.25, 0.3) is 0 Å². The highest BCUT2D eigenvalue weighted by molar-refractivity contribution is 5.85. The number of carbonyl (C=O) groups excluding carboxylic acids is 1. The molecule has 4 rings (SSSR count). The molecule has 5 unspecified atom stereocenters. The van der Waals surface area contributed by atoms with Crippen molar-refractivity contribution in [1.29, 1.82) is 0 Å². The van der Waals surface area contributed by atoms with E-state index in [1.54, 1.807) is 0 Å². The van der Waals surface area contributed by atoms with Crippen molar-refractivity contribution in [2.24, 2.45) is 29.6 Å².